The van der Waals surface area contributed by atoms with Crippen LogP contribution in [0, 0.1) is 19.3 Å². The number of hydrogen-bond donors (Lipinski definition) is 2. The van der Waals surface area contributed by atoms with E-state index in [9.17, 15) is 5.11 Å². The molecule has 1 spiro atoms. The molecule has 2 fully saturated rings. The second kappa shape index (κ2) is 6.42. The minimum absolute atomic E-state index is 0.399. The highest BCUT2D eigenvalue weighted by Crippen LogP contribution is 2.47. The van der Waals surface area contributed by atoms with Gasteiger partial charge >= 0.3 is 0 Å². The smallest absolute Gasteiger partial charge is 0.194 e. The molecule has 1 aromatic carbocycles. The van der Waals surface area contributed by atoms with E-state index in [0.29, 0.717) is 17.7 Å². The molecule has 4 heteroatoms. The Hall–Kier alpha value is -1.71. The summed E-state index contributed by atoms with van der Waals surface area (Å²) >= 11 is 0. The van der Waals surface area contributed by atoms with Crippen LogP contribution in [-0.2, 0) is 6.54 Å². The van der Waals surface area contributed by atoms with E-state index in [2.05, 4.69) is 17.1 Å². The summed E-state index contributed by atoms with van der Waals surface area (Å²) in [7, 11) is 0. The zero-order valence-corrected chi connectivity index (χ0v) is 14.7. The van der Waals surface area contributed by atoms with Gasteiger partial charge in [0, 0.05) is 19.6 Å². The van der Waals surface area contributed by atoms with Crippen molar-refractivity contribution in [3.8, 4) is 5.75 Å². The number of benzene rings is 1. The summed E-state index contributed by atoms with van der Waals surface area (Å²) in [5, 5.41) is 13.3. The third-order valence-corrected chi connectivity index (χ3v) is 5.45. The van der Waals surface area contributed by atoms with Gasteiger partial charge in [-0.2, -0.15) is 0 Å². The minimum atomic E-state index is 0.399. The average Bonchev–Trinajstić information content (AvgIpc) is 2.94. The van der Waals surface area contributed by atoms with Crippen molar-refractivity contribution in [3.05, 3.63) is 28.8 Å². The van der Waals surface area contributed by atoms with Crippen LogP contribution in [0.3, 0.4) is 0 Å². The van der Waals surface area contributed by atoms with E-state index in [0.717, 1.165) is 42.3 Å². The third-order valence-electron chi connectivity index (χ3n) is 5.45. The molecule has 2 N–H and O–H groups in total. The van der Waals surface area contributed by atoms with E-state index in [1.807, 2.05) is 26.0 Å². The van der Waals surface area contributed by atoms with E-state index in [1.54, 1.807) is 0 Å². The van der Waals surface area contributed by atoms with Gasteiger partial charge in [-0.25, -0.2) is 4.99 Å². The number of likely N-dealkylation sites (tertiary alicyclic amines) is 1. The van der Waals surface area contributed by atoms with Crippen LogP contribution >= 0.6 is 0 Å². The molecule has 1 saturated heterocycles. The monoisotopic (exact) mass is 315 g/mol. The van der Waals surface area contributed by atoms with Crippen LogP contribution in [0.15, 0.2) is 17.1 Å². The number of guanidine groups is 1. The molecule has 1 aliphatic carbocycles. The van der Waals surface area contributed by atoms with Gasteiger partial charge in [0.2, 0.25) is 0 Å². The Morgan fingerprint density at radius 1 is 1.26 bits per heavy atom. The molecule has 4 nitrogen and oxygen atoms in total. The third kappa shape index (κ3) is 3.31. The van der Waals surface area contributed by atoms with Gasteiger partial charge in [0.1, 0.15) is 5.75 Å². The van der Waals surface area contributed by atoms with Crippen molar-refractivity contribution >= 4 is 5.96 Å². The van der Waals surface area contributed by atoms with Gasteiger partial charge in [-0.3, -0.25) is 0 Å². The van der Waals surface area contributed by atoms with Crippen LogP contribution in [-0.4, -0.2) is 35.6 Å². The number of nitrogens with zero attached hydrogens (tertiary/aromatic N) is 2. The fourth-order valence-corrected chi connectivity index (χ4v) is 3.93. The summed E-state index contributed by atoms with van der Waals surface area (Å²) in [6.45, 7) is 9.86. The lowest BCUT2D eigenvalue weighted by molar-refractivity contribution is 0.151. The van der Waals surface area contributed by atoms with E-state index in [-0.39, 0.29) is 0 Å². The fourth-order valence-electron chi connectivity index (χ4n) is 3.93. The van der Waals surface area contributed by atoms with Crippen molar-refractivity contribution in [1.82, 2.24) is 10.2 Å². The van der Waals surface area contributed by atoms with Gasteiger partial charge in [0.25, 0.3) is 0 Å². The molecule has 1 aromatic rings. The maximum Gasteiger partial charge on any atom is 0.194 e. The van der Waals surface area contributed by atoms with Crippen LogP contribution in [0.1, 0.15) is 49.3 Å². The van der Waals surface area contributed by atoms with Crippen LogP contribution in [0.4, 0.5) is 0 Å². The average molecular weight is 315 g/mol. The van der Waals surface area contributed by atoms with Gasteiger partial charge in [0.15, 0.2) is 5.96 Å². The molecule has 1 aliphatic heterocycles. The molecule has 23 heavy (non-hydrogen) atoms. The fraction of sp³-hybridized carbons (Fsp3) is 0.632. The Bertz CT molecular complexity index is 582. The number of aliphatic imine (C=N–C) groups is 1. The number of hydrogen-bond acceptors (Lipinski definition) is 2. The van der Waals surface area contributed by atoms with Gasteiger partial charge in [-0.15, -0.1) is 0 Å². The van der Waals surface area contributed by atoms with Crippen molar-refractivity contribution < 1.29 is 5.11 Å². The lowest BCUT2D eigenvalue weighted by Gasteiger charge is -2.38. The molecule has 0 aromatic heterocycles. The molecule has 1 saturated carbocycles. The topological polar surface area (TPSA) is 47.9 Å². The Labute approximate surface area is 139 Å². The summed E-state index contributed by atoms with van der Waals surface area (Å²) in [5.41, 5.74) is 3.59. The van der Waals surface area contributed by atoms with Gasteiger partial charge in [-0.05, 0) is 62.1 Å². The molecule has 3 rings (SSSR count). The normalized spacial score (nSPS) is 20.0. The molecular formula is C19H29N3O. The molecule has 0 unspecified atom stereocenters. The molecular weight excluding hydrogens is 286 g/mol. The first-order chi connectivity index (χ1) is 11.0. The largest absolute Gasteiger partial charge is 0.507 e. The second-order valence-corrected chi connectivity index (χ2v) is 7.27. The van der Waals surface area contributed by atoms with E-state index >= 15 is 0 Å². The maximum absolute atomic E-state index is 9.90. The maximum atomic E-state index is 9.90. The van der Waals surface area contributed by atoms with E-state index in [4.69, 9.17) is 4.99 Å². The zero-order valence-electron chi connectivity index (χ0n) is 14.7. The van der Waals surface area contributed by atoms with Gasteiger partial charge in [0.05, 0.1) is 6.54 Å². The zero-order chi connectivity index (χ0) is 16.4. The molecule has 1 heterocycles. The summed E-state index contributed by atoms with van der Waals surface area (Å²) in [6, 6.07) is 4.07. The summed E-state index contributed by atoms with van der Waals surface area (Å²) in [6.07, 6.45) is 5.49. The Kier molecular flexibility index (Phi) is 4.51. The highest BCUT2D eigenvalue weighted by Gasteiger charge is 2.43. The van der Waals surface area contributed by atoms with Crippen molar-refractivity contribution in [2.45, 2.75) is 53.0 Å². The first-order valence-electron chi connectivity index (χ1n) is 8.85. The highest BCUT2D eigenvalue weighted by atomic mass is 16.3. The molecule has 126 valence electrons. The number of aromatic hydroxyl groups is 1. The van der Waals surface area contributed by atoms with Crippen LogP contribution in [0.25, 0.3) is 0 Å². The Balaban J connectivity index is 1.72. The summed E-state index contributed by atoms with van der Waals surface area (Å²) in [5.74, 6) is 1.44. The predicted molar refractivity (Wildman–Crippen MR) is 94.9 cm³/mol. The standard InChI is InChI=1S/C19H29N3O/c1-4-20-18(22-9-8-19(13-22)6-5-7-19)21-12-16-10-14(2)17(23)15(3)11-16/h10-11,23H,4-9,12-13H2,1-3H3,(H,20,21). The van der Waals surface area contributed by atoms with Crippen LogP contribution < -0.4 is 5.32 Å². The number of aryl methyl sites for hydroxylation is 2. The Morgan fingerprint density at radius 2 is 1.96 bits per heavy atom. The van der Waals surface area contributed by atoms with Crippen LogP contribution in [0.2, 0.25) is 0 Å². The van der Waals surface area contributed by atoms with Crippen molar-refractivity contribution in [2.75, 3.05) is 19.6 Å². The van der Waals surface area contributed by atoms with Gasteiger partial charge < -0.3 is 15.3 Å². The quantitative estimate of drug-likeness (QED) is 0.664. The molecule has 0 atom stereocenters. The predicted octanol–water partition coefficient (Wildman–Crippen LogP) is 3.35. The number of nitrogens with one attached hydrogen (secondary N) is 1. The van der Waals surface area contributed by atoms with Crippen molar-refractivity contribution in [2.24, 2.45) is 10.4 Å². The van der Waals surface area contributed by atoms with Gasteiger partial charge in [-0.1, -0.05) is 18.6 Å². The number of rotatable bonds is 3. The van der Waals surface area contributed by atoms with Crippen LogP contribution in [0.5, 0.6) is 5.75 Å². The lowest BCUT2D eigenvalue weighted by Crippen LogP contribution is -2.42. The minimum Gasteiger partial charge on any atom is -0.507 e. The molecule has 2 aliphatic rings. The summed E-state index contributed by atoms with van der Waals surface area (Å²) in [4.78, 5) is 7.28. The van der Waals surface area contributed by atoms with E-state index in [1.165, 1.54) is 25.7 Å². The number of phenolic OH excluding ortho intramolecular Hbond substituents is 1. The Morgan fingerprint density at radius 3 is 2.48 bits per heavy atom. The van der Waals surface area contributed by atoms with Crippen molar-refractivity contribution in [1.29, 1.82) is 0 Å². The number of phenols is 1. The van der Waals surface area contributed by atoms with Crippen molar-refractivity contribution in [3.63, 3.8) is 0 Å². The SMILES string of the molecule is CCNC(=NCc1cc(C)c(O)c(C)c1)N1CCC2(CCC2)C1. The molecule has 0 bridgehead atoms. The lowest BCUT2D eigenvalue weighted by atomic mass is 9.68. The molecule has 0 amide bonds. The first kappa shape index (κ1) is 16.2. The summed E-state index contributed by atoms with van der Waals surface area (Å²) < 4.78 is 0. The van der Waals surface area contributed by atoms with E-state index < -0.39 is 0 Å². The first-order valence-corrected chi connectivity index (χ1v) is 8.85. The highest BCUT2D eigenvalue weighted by molar-refractivity contribution is 5.80. The second-order valence-electron chi connectivity index (χ2n) is 7.27. The molecule has 0 radical (unpaired) electrons.